The van der Waals surface area contributed by atoms with E-state index in [2.05, 4.69) is 10.6 Å². The minimum atomic E-state index is -0.201. The van der Waals surface area contributed by atoms with E-state index in [1.54, 1.807) is 13.0 Å². The maximum Gasteiger partial charge on any atom is 0.251 e. The van der Waals surface area contributed by atoms with E-state index >= 15 is 0 Å². The van der Waals surface area contributed by atoms with E-state index in [1.807, 2.05) is 25.1 Å². The molecule has 1 aromatic rings. The SMILES string of the molecule is Cc1cccc(C(=O)NCCNC(=O)C(C)CN)c1.Cl. The summed E-state index contributed by atoms with van der Waals surface area (Å²) in [5.41, 5.74) is 7.05. The molecule has 1 unspecified atom stereocenters. The Kier molecular flexibility index (Phi) is 8.59. The third kappa shape index (κ3) is 6.04. The van der Waals surface area contributed by atoms with Crippen molar-refractivity contribution in [2.45, 2.75) is 13.8 Å². The Morgan fingerprint density at radius 1 is 1.25 bits per heavy atom. The van der Waals surface area contributed by atoms with Crippen LogP contribution in [0.25, 0.3) is 0 Å². The van der Waals surface area contributed by atoms with Crippen molar-refractivity contribution in [3.63, 3.8) is 0 Å². The molecule has 1 aromatic carbocycles. The topological polar surface area (TPSA) is 84.2 Å². The largest absolute Gasteiger partial charge is 0.354 e. The number of rotatable bonds is 6. The Morgan fingerprint density at radius 2 is 1.90 bits per heavy atom. The zero-order valence-electron chi connectivity index (χ0n) is 11.8. The molecule has 6 heteroatoms. The number of halogens is 1. The minimum absolute atomic E-state index is 0. The molecule has 0 saturated heterocycles. The molecule has 112 valence electrons. The standard InChI is InChI=1S/C14H21N3O2.ClH/c1-10-4-3-5-12(8-10)14(19)17-7-6-16-13(18)11(2)9-15;/h3-5,8,11H,6-7,9,15H2,1-2H3,(H,16,18)(H,17,19);1H. The summed E-state index contributed by atoms with van der Waals surface area (Å²) >= 11 is 0. The van der Waals surface area contributed by atoms with Crippen LogP contribution >= 0.6 is 12.4 Å². The average molecular weight is 300 g/mol. The highest BCUT2D eigenvalue weighted by Gasteiger charge is 2.09. The zero-order chi connectivity index (χ0) is 14.3. The van der Waals surface area contributed by atoms with Crippen LogP contribution in [0.5, 0.6) is 0 Å². The normalized spacial score (nSPS) is 11.2. The van der Waals surface area contributed by atoms with Crippen molar-refractivity contribution >= 4 is 24.2 Å². The molecule has 20 heavy (non-hydrogen) atoms. The van der Waals surface area contributed by atoms with Gasteiger partial charge in [0.2, 0.25) is 5.91 Å². The summed E-state index contributed by atoms with van der Waals surface area (Å²) in [7, 11) is 0. The van der Waals surface area contributed by atoms with Crippen molar-refractivity contribution in [1.82, 2.24) is 10.6 Å². The number of carbonyl (C=O) groups excluding carboxylic acids is 2. The van der Waals surface area contributed by atoms with Crippen LogP contribution < -0.4 is 16.4 Å². The first kappa shape index (κ1) is 18.4. The highest BCUT2D eigenvalue weighted by molar-refractivity contribution is 5.94. The Labute approximate surface area is 125 Å². The average Bonchev–Trinajstić information content (AvgIpc) is 2.42. The Bertz CT molecular complexity index is 452. The lowest BCUT2D eigenvalue weighted by Gasteiger charge is -2.10. The summed E-state index contributed by atoms with van der Waals surface area (Å²) in [6.45, 7) is 4.82. The summed E-state index contributed by atoms with van der Waals surface area (Å²) in [6.07, 6.45) is 0. The van der Waals surface area contributed by atoms with E-state index in [9.17, 15) is 9.59 Å². The molecule has 1 rings (SSSR count). The van der Waals surface area contributed by atoms with Gasteiger partial charge in [-0.05, 0) is 19.1 Å². The summed E-state index contributed by atoms with van der Waals surface area (Å²) in [6, 6.07) is 7.36. The molecule has 1 atom stereocenters. The Hall–Kier alpha value is -1.59. The number of nitrogens with one attached hydrogen (secondary N) is 2. The molecule has 0 aromatic heterocycles. The highest BCUT2D eigenvalue weighted by Crippen LogP contribution is 2.03. The van der Waals surface area contributed by atoms with E-state index in [4.69, 9.17) is 5.73 Å². The maximum atomic E-state index is 11.8. The fourth-order valence-corrected chi connectivity index (χ4v) is 1.53. The Balaban J connectivity index is 0.00000361. The molecule has 0 fully saturated rings. The van der Waals surface area contributed by atoms with E-state index in [0.29, 0.717) is 25.2 Å². The van der Waals surface area contributed by atoms with Gasteiger partial charge in [-0.1, -0.05) is 24.6 Å². The number of benzene rings is 1. The van der Waals surface area contributed by atoms with Crippen LogP contribution in [0.4, 0.5) is 0 Å². The Morgan fingerprint density at radius 3 is 2.50 bits per heavy atom. The summed E-state index contributed by atoms with van der Waals surface area (Å²) in [4.78, 5) is 23.2. The van der Waals surface area contributed by atoms with Gasteiger partial charge in [-0.2, -0.15) is 0 Å². The van der Waals surface area contributed by atoms with Crippen molar-refractivity contribution in [2.24, 2.45) is 11.7 Å². The number of carbonyl (C=O) groups is 2. The first-order chi connectivity index (χ1) is 9.04. The van der Waals surface area contributed by atoms with Crippen LogP contribution in [0, 0.1) is 12.8 Å². The van der Waals surface area contributed by atoms with Crippen molar-refractivity contribution in [1.29, 1.82) is 0 Å². The number of amides is 2. The molecular formula is C14H22ClN3O2. The summed E-state index contributed by atoms with van der Waals surface area (Å²) in [5.74, 6) is -0.426. The molecule has 5 nitrogen and oxygen atoms in total. The van der Waals surface area contributed by atoms with Crippen molar-refractivity contribution in [3.8, 4) is 0 Å². The quantitative estimate of drug-likeness (QED) is 0.681. The summed E-state index contributed by atoms with van der Waals surface area (Å²) in [5, 5.41) is 5.47. The van der Waals surface area contributed by atoms with Gasteiger partial charge in [-0.3, -0.25) is 9.59 Å². The molecule has 0 radical (unpaired) electrons. The number of nitrogens with two attached hydrogens (primary N) is 1. The van der Waals surface area contributed by atoms with Gasteiger partial charge in [-0.15, -0.1) is 12.4 Å². The van der Waals surface area contributed by atoms with E-state index in [-0.39, 0.29) is 30.1 Å². The van der Waals surface area contributed by atoms with Crippen LogP contribution in [0.2, 0.25) is 0 Å². The lowest BCUT2D eigenvalue weighted by molar-refractivity contribution is -0.124. The molecule has 4 N–H and O–H groups in total. The monoisotopic (exact) mass is 299 g/mol. The molecular weight excluding hydrogens is 278 g/mol. The molecule has 0 aliphatic carbocycles. The third-order valence-corrected chi connectivity index (χ3v) is 2.79. The minimum Gasteiger partial charge on any atom is -0.354 e. The number of hydrogen-bond donors (Lipinski definition) is 3. The molecule has 0 aliphatic heterocycles. The van der Waals surface area contributed by atoms with Crippen molar-refractivity contribution in [2.75, 3.05) is 19.6 Å². The molecule has 0 heterocycles. The van der Waals surface area contributed by atoms with Crippen LogP contribution in [-0.4, -0.2) is 31.4 Å². The smallest absolute Gasteiger partial charge is 0.251 e. The number of aryl methyl sites for hydroxylation is 1. The van der Waals surface area contributed by atoms with E-state index in [1.165, 1.54) is 0 Å². The predicted octanol–water partition coefficient (Wildman–Crippen LogP) is 0.858. The van der Waals surface area contributed by atoms with Crippen LogP contribution in [0.3, 0.4) is 0 Å². The van der Waals surface area contributed by atoms with Gasteiger partial charge in [0.25, 0.3) is 5.91 Å². The van der Waals surface area contributed by atoms with E-state index < -0.39 is 0 Å². The van der Waals surface area contributed by atoms with Crippen molar-refractivity contribution in [3.05, 3.63) is 35.4 Å². The van der Waals surface area contributed by atoms with Crippen molar-refractivity contribution < 1.29 is 9.59 Å². The fourth-order valence-electron chi connectivity index (χ4n) is 1.53. The molecule has 2 amide bonds. The first-order valence-electron chi connectivity index (χ1n) is 6.37. The van der Waals surface area contributed by atoms with Gasteiger partial charge in [0, 0.05) is 31.1 Å². The molecule has 0 aliphatic rings. The second kappa shape index (κ2) is 9.34. The molecule has 0 bridgehead atoms. The van der Waals surface area contributed by atoms with Gasteiger partial charge in [-0.25, -0.2) is 0 Å². The van der Waals surface area contributed by atoms with Gasteiger partial charge in [0.05, 0.1) is 0 Å². The van der Waals surface area contributed by atoms with Crippen LogP contribution in [-0.2, 0) is 4.79 Å². The van der Waals surface area contributed by atoms with Gasteiger partial charge < -0.3 is 16.4 Å². The maximum absolute atomic E-state index is 11.8. The molecule has 0 saturated carbocycles. The second-order valence-electron chi connectivity index (χ2n) is 4.55. The highest BCUT2D eigenvalue weighted by atomic mass is 35.5. The van der Waals surface area contributed by atoms with Gasteiger partial charge >= 0.3 is 0 Å². The van der Waals surface area contributed by atoms with Gasteiger partial charge in [0.15, 0.2) is 0 Å². The molecule has 0 spiro atoms. The van der Waals surface area contributed by atoms with Crippen LogP contribution in [0.15, 0.2) is 24.3 Å². The van der Waals surface area contributed by atoms with Gasteiger partial charge in [0.1, 0.15) is 0 Å². The fraction of sp³-hybridized carbons (Fsp3) is 0.429. The second-order valence-corrected chi connectivity index (χ2v) is 4.55. The zero-order valence-corrected chi connectivity index (χ0v) is 12.6. The lowest BCUT2D eigenvalue weighted by Crippen LogP contribution is -2.38. The number of hydrogen-bond acceptors (Lipinski definition) is 3. The van der Waals surface area contributed by atoms with E-state index in [0.717, 1.165) is 5.56 Å². The van der Waals surface area contributed by atoms with Crippen LogP contribution in [0.1, 0.15) is 22.8 Å². The third-order valence-electron chi connectivity index (χ3n) is 2.79. The summed E-state index contributed by atoms with van der Waals surface area (Å²) < 4.78 is 0. The predicted molar refractivity (Wildman–Crippen MR) is 82.0 cm³/mol. The first-order valence-corrected chi connectivity index (χ1v) is 6.37. The lowest BCUT2D eigenvalue weighted by atomic mass is 10.1.